The average molecular weight is 235 g/mol. The van der Waals surface area contributed by atoms with E-state index in [4.69, 9.17) is 5.11 Å². The van der Waals surface area contributed by atoms with E-state index < -0.39 is 12.0 Å². The Morgan fingerprint density at radius 3 is 2.41 bits per heavy atom. The van der Waals surface area contributed by atoms with Crippen LogP contribution in [0.3, 0.4) is 0 Å². The SMILES string of the molecule is CCC(C)C(NCc1ccc(C)cc1)C(=O)O. The van der Waals surface area contributed by atoms with Gasteiger partial charge in [-0.25, -0.2) is 0 Å². The minimum absolute atomic E-state index is 0.137. The predicted octanol–water partition coefficient (Wildman–Crippen LogP) is 2.58. The number of hydrogen-bond donors (Lipinski definition) is 2. The Bertz CT molecular complexity index is 359. The van der Waals surface area contributed by atoms with Gasteiger partial charge in [0.25, 0.3) is 0 Å². The maximum atomic E-state index is 11.1. The third-order valence-corrected chi connectivity index (χ3v) is 3.13. The summed E-state index contributed by atoms with van der Waals surface area (Å²) in [6.07, 6.45) is 0.859. The predicted molar refractivity (Wildman–Crippen MR) is 68.9 cm³/mol. The standard InChI is InChI=1S/C14H21NO2/c1-4-11(3)13(14(16)17)15-9-12-7-5-10(2)6-8-12/h5-8,11,13,15H,4,9H2,1-3H3,(H,16,17). The maximum Gasteiger partial charge on any atom is 0.320 e. The van der Waals surface area contributed by atoms with Crippen molar-refractivity contribution in [3.05, 3.63) is 35.4 Å². The number of aryl methyl sites for hydroxylation is 1. The second-order valence-corrected chi connectivity index (χ2v) is 4.57. The van der Waals surface area contributed by atoms with E-state index in [0.717, 1.165) is 12.0 Å². The first-order chi connectivity index (χ1) is 8.04. The monoisotopic (exact) mass is 235 g/mol. The van der Waals surface area contributed by atoms with E-state index in [1.165, 1.54) is 5.56 Å². The highest BCUT2D eigenvalue weighted by Gasteiger charge is 2.22. The van der Waals surface area contributed by atoms with Crippen molar-refractivity contribution in [3.8, 4) is 0 Å². The first kappa shape index (κ1) is 13.7. The zero-order valence-corrected chi connectivity index (χ0v) is 10.7. The fourth-order valence-corrected chi connectivity index (χ4v) is 1.70. The third-order valence-electron chi connectivity index (χ3n) is 3.13. The summed E-state index contributed by atoms with van der Waals surface area (Å²) >= 11 is 0. The van der Waals surface area contributed by atoms with Crippen molar-refractivity contribution in [2.75, 3.05) is 0 Å². The minimum atomic E-state index is -0.772. The maximum absolute atomic E-state index is 11.1. The van der Waals surface area contributed by atoms with Crippen molar-refractivity contribution in [1.29, 1.82) is 0 Å². The van der Waals surface area contributed by atoms with Crippen LogP contribution in [0.5, 0.6) is 0 Å². The molecule has 3 heteroatoms. The van der Waals surface area contributed by atoms with Gasteiger partial charge in [-0.2, -0.15) is 0 Å². The lowest BCUT2D eigenvalue weighted by Crippen LogP contribution is -2.41. The largest absolute Gasteiger partial charge is 0.480 e. The summed E-state index contributed by atoms with van der Waals surface area (Å²) in [5.74, 6) is -0.635. The Labute approximate surface area is 103 Å². The van der Waals surface area contributed by atoms with Crippen LogP contribution < -0.4 is 5.32 Å². The quantitative estimate of drug-likeness (QED) is 0.796. The summed E-state index contributed by atoms with van der Waals surface area (Å²) in [5, 5.41) is 12.2. The zero-order chi connectivity index (χ0) is 12.8. The van der Waals surface area contributed by atoms with Gasteiger partial charge in [-0.05, 0) is 18.4 Å². The summed E-state index contributed by atoms with van der Waals surface area (Å²) in [7, 11) is 0. The van der Waals surface area contributed by atoms with Crippen molar-refractivity contribution < 1.29 is 9.90 Å². The van der Waals surface area contributed by atoms with Crippen LogP contribution in [-0.2, 0) is 11.3 Å². The van der Waals surface area contributed by atoms with E-state index in [1.807, 2.05) is 45.0 Å². The highest BCUT2D eigenvalue weighted by Crippen LogP contribution is 2.09. The van der Waals surface area contributed by atoms with Crippen LogP contribution in [0.15, 0.2) is 24.3 Å². The van der Waals surface area contributed by atoms with E-state index in [-0.39, 0.29) is 5.92 Å². The summed E-state index contributed by atoms with van der Waals surface area (Å²) < 4.78 is 0. The molecule has 0 aromatic heterocycles. The van der Waals surface area contributed by atoms with Crippen molar-refractivity contribution >= 4 is 5.97 Å². The number of hydrogen-bond acceptors (Lipinski definition) is 2. The number of benzene rings is 1. The Kier molecular flexibility index (Phi) is 5.16. The molecule has 0 heterocycles. The Morgan fingerprint density at radius 2 is 1.94 bits per heavy atom. The summed E-state index contributed by atoms with van der Waals surface area (Å²) in [5.41, 5.74) is 2.33. The van der Waals surface area contributed by atoms with Gasteiger partial charge >= 0.3 is 5.97 Å². The normalized spacial score (nSPS) is 14.3. The molecule has 0 saturated carbocycles. The van der Waals surface area contributed by atoms with Crippen LogP contribution in [0.4, 0.5) is 0 Å². The van der Waals surface area contributed by atoms with E-state index in [0.29, 0.717) is 6.54 Å². The number of carboxylic acids is 1. The molecule has 2 unspecified atom stereocenters. The van der Waals surface area contributed by atoms with Crippen molar-refractivity contribution in [2.45, 2.75) is 39.8 Å². The fourth-order valence-electron chi connectivity index (χ4n) is 1.70. The number of carbonyl (C=O) groups is 1. The highest BCUT2D eigenvalue weighted by molar-refractivity contribution is 5.73. The van der Waals surface area contributed by atoms with E-state index in [2.05, 4.69) is 5.32 Å². The molecule has 94 valence electrons. The summed E-state index contributed by atoms with van der Waals surface area (Å²) in [4.78, 5) is 11.1. The van der Waals surface area contributed by atoms with Crippen LogP contribution in [0.25, 0.3) is 0 Å². The Hall–Kier alpha value is -1.35. The van der Waals surface area contributed by atoms with Crippen LogP contribution in [0, 0.1) is 12.8 Å². The molecule has 0 radical (unpaired) electrons. The van der Waals surface area contributed by atoms with Gasteiger partial charge in [0, 0.05) is 6.54 Å². The molecule has 2 N–H and O–H groups in total. The first-order valence-corrected chi connectivity index (χ1v) is 6.06. The molecule has 17 heavy (non-hydrogen) atoms. The molecule has 1 aromatic rings. The highest BCUT2D eigenvalue weighted by atomic mass is 16.4. The summed E-state index contributed by atoms with van der Waals surface area (Å²) in [6.45, 7) is 6.60. The molecular formula is C14H21NO2. The number of aliphatic carboxylic acids is 1. The Morgan fingerprint density at radius 1 is 1.35 bits per heavy atom. The fraction of sp³-hybridized carbons (Fsp3) is 0.500. The molecule has 0 aliphatic rings. The molecule has 1 rings (SSSR count). The van der Waals surface area contributed by atoms with Crippen molar-refractivity contribution in [3.63, 3.8) is 0 Å². The minimum Gasteiger partial charge on any atom is -0.480 e. The van der Waals surface area contributed by atoms with Crippen LogP contribution in [0.1, 0.15) is 31.4 Å². The number of carboxylic acid groups (broad SMARTS) is 1. The lowest BCUT2D eigenvalue weighted by molar-refractivity contribution is -0.140. The van der Waals surface area contributed by atoms with Gasteiger partial charge in [-0.15, -0.1) is 0 Å². The number of nitrogens with one attached hydrogen (secondary N) is 1. The van der Waals surface area contributed by atoms with Gasteiger partial charge in [-0.1, -0.05) is 50.1 Å². The summed E-state index contributed by atoms with van der Waals surface area (Å²) in [6, 6.07) is 7.66. The van der Waals surface area contributed by atoms with E-state index in [9.17, 15) is 4.79 Å². The van der Waals surface area contributed by atoms with Crippen molar-refractivity contribution in [1.82, 2.24) is 5.32 Å². The molecule has 1 aromatic carbocycles. The number of rotatable bonds is 6. The Balaban J connectivity index is 2.57. The molecule has 2 atom stereocenters. The molecule has 3 nitrogen and oxygen atoms in total. The van der Waals surface area contributed by atoms with E-state index in [1.54, 1.807) is 0 Å². The molecule has 0 saturated heterocycles. The van der Waals surface area contributed by atoms with Gasteiger partial charge in [0.05, 0.1) is 0 Å². The van der Waals surface area contributed by atoms with Gasteiger partial charge in [-0.3, -0.25) is 4.79 Å². The molecule has 0 amide bonds. The lowest BCUT2D eigenvalue weighted by Gasteiger charge is -2.20. The average Bonchev–Trinajstić information content (AvgIpc) is 2.31. The lowest BCUT2D eigenvalue weighted by atomic mass is 9.99. The first-order valence-electron chi connectivity index (χ1n) is 6.06. The van der Waals surface area contributed by atoms with Crippen molar-refractivity contribution in [2.24, 2.45) is 5.92 Å². The molecule has 0 aliphatic carbocycles. The molecule has 0 aliphatic heterocycles. The van der Waals surface area contributed by atoms with Gasteiger partial charge in [0.1, 0.15) is 6.04 Å². The van der Waals surface area contributed by atoms with Gasteiger partial charge in [0.2, 0.25) is 0 Å². The molecule has 0 fully saturated rings. The molecule has 0 spiro atoms. The van der Waals surface area contributed by atoms with Gasteiger partial charge in [0.15, 0.2) is 0 Å². The second-order valence-electron chi connectivity index (χ2n) is 4.57. The zero-order valence-electron chi connectivity index (χ0n) is 10.7. The topological polar surface area (TPSA) is 49.3 Å². The molecule has 0 bridgehead atoms. The van der Waals surface area contributed by atoms with Crippen LogP contribution in [0.2, 0.25) is 0 Å². The van der Waals surface area contributed by atoms with Crippen LogP contribution in [-0.4, -0.2) is 17.1 Å². The third kappa shape index (κ3) is 4.19. The van der Waals surface area contributed by atoms with E-state index >= 15 is 0 Å². The second kappa shape index (κ2) is 6.40. The smallest absolute Gasteiger partial charge is 0.320 e. The van der Waals surface area contributed by atoms with Gasteiger partial charge < -0.3 is 10.4 Å². The molecular weight excluding hydrogens is 214 g/mol. The van der Waals surface area contributed by atoms with Crippen LogP contribution >= 0.6 is 0 Å².